The largest absolute Gasteiger partial charge is 0.444 e. The summed E-state index contributed by atoms with van der Waals surface area (Å²) in [6, 6.07) is 0.173. The number of carbonyl (C=O) groups excluding carboxylic acids is 1. The van der Waals surface area contributed by atoms with Gasteiger partial charge in [0.25, 0.3) is 0 Å². The van der Waals surface area contributed by atoms with Gasteiger partial charge in [0.15, 0.2) is 0 Å². The van der Waals surface area contributed by atoms with E-state index >= 15 is 0 Å². The highest BCUT2D eigenvalue weighted by Crippen LogP contribution is 2.20. The fraction of sp³-hybridized carbons (Fsp3) is 0.900. The van der Waals surface area contributed by atoms with Crippen molar-refractivity contribution in [1.29, 1.82) is 0 Å². The molecule has 1 N–H and O–H groups in total. The molecule has 0 aromatic heterocycles. The van der Waals surface area contributed by atoms with Crippen molar-refractivity contribution in [3.05, 3.63) is 0 Å². The van der Waals surface area contributed by atoms with Gasteiger partial charge in [0.2, 0.25) is 0 Å². The molecule has 0 bridgehead atoms. The van der Waals surface area contributed by atoms with Crippen molar-refractivity contribution < 1.29 is 9.53 Å². The third-order valence-corrected chi connectivity index (χ3v) is 2.58. The predicted octanol–water partition coefficient (Wildman–Crippen LogP) is 2.31. The highest BCUT2D eigenvalue weighted by atomic mass is 16.6. The lowest BCUT2D eigenvalue weighted by Gasteiger charge is -2.17. The van der Waals surface area contributed by atoms with Crippen LogP contribution in [0.5, 0.6) is 0 Å². The Bertz CT molecular complexity index is 182. The van der Waals surface area contributed by atoms with Crippen molar-refractivity contribution in [2.24, 2.45) is 5.92 Å². The summed E-state index contributed by atoms with van der Waals surface area (Å²) in [5.74, 6) is 0.644. The molecule has 1 aliphatic rings. The van der Waals surface area contributed by atoms with Gasteiger partial charge in [0.05, 0.1) is 6.04 Å². The molecule has 3 nitrogen and oxygen atoms in total. The first-order chi connectivity index (χ1) is 6.13. The molecule has 76 valence electrons. The van der Waals surface area contributed by atoms with Crippen molar-refractivity contribution in [2.45, 2.75) is 52.2 Å². The molecular formula is C10H19NO2. The van der Waals surface area contributed by atoms with Crippen LogP contribution in [0.1, 0.15) is 40.0 Å². The second-order valence-corrected chi connectivity index (χ2v) is 4.01. The molecule has 3 unspecified atom stereocenters. The number of rotatable bonds is 4. The monoisotopic (exact) mass is 185 g/mol. The highest BCUT2D eigenvalue weighted by molar-refractivity contribution is 5.70. The molecule has 1 amide bonds. The van der Waals surface area contributed by atoms with Gasteiger partial charge < -0.3 is 10.1 Å². The van der Waals surface area contributed by atoms with Crippen LogP contribution in [0.3, 0.4) is 0 Å². The van der Waals surface area contributed by atoms with Crippen molar-refractivity contribution in [3.8, 4) is 0 Å². The zero-order chi connectivity index (χ0) is 9.84. The molecule has 3 atom stereocenters. The number of carbonyl (C=O) groups is 1. The summed E-state index contributed by atoms with van der Waals surface area (Å²) in [6.45, 7) is 6.38. The molecule has 0 spiro atoms. The average molecular weight is 185 g/mol. The number of hydrogen-bond donors (Lipinski definition) is 1. The molecule has 0 radical (unpaired) electrons. The van der Waals surface area contributed by atoms with Gasteiger partial charge in [-0.2, -0.15) is 0 Å². The first kappa shape index (κ1) is 10.4. The summed E-state index contributed by atoms with van der Waals surface area (Å²) < 4.78 is 5.14. The van der Waals surface area contributed by atoms with Crippen LogP contribution in [0.15, 0.2) is 0 Å². The van der Waals surface area contributed by atoms with Gasteiger partial charge in [0, 0.05) is 0 Å². The fourth-order valence-corrected chi connectivity index (χ4v) is 1.81. The van der Waals surface area contributed by atoms with Crippen LogP contribution >= 0.6 is 0 Å². The van der Waals surface area contributed by atoms with Gasteiger partial charge in [-0.05, 0) is 19.3 Å². The van der Waals surface area contributed by atoms with E-state index in [4.69, 9.17) is 4.74 Å². The number of cyclic esters (lactones) is 1. The van der Waals surface area contributed by atoms with Crippen molar-refractivity contribution in [1.82, 2.24) is 5.32 Å². The molecule has 1 rings (SSSR count). The van der Waals surface area contributed by atoms with E-state index in [2.05, 4.69) is 19.2 Å². The molecule has 1 fully saturated rings. The third kappa shape index (κ3) is 2.90. The van der Waals surface area contributed by atoms with E-state index in [1.165, 1.54) is 12.8 Å². The third-order valence-electron chi connectivity index (χ3n) is 2.58. The lowest BCUT2D eigenvalue weighted by atomic mass is 9.96. The van der Waals surface area contributed by atoms with Crippen molar-refractivity contribution in [3.63, 3.8) is 0 Å². The summed E-state index contributed by atoms with van der Waals surface area (Å²) in [4.78, 5) is 10.9. The number of alkyl carbamates (subject to hydrolysis) is 1. The van der Waals surface area contributed by atoms with Crippen LogP contribution in [0, 0.1) is 5.92 Å². The number of amides is 1. The molecule has 3 heteroatoms. The average Bonchev–Trinajstić information content (AvgIpc) is 2.30. The lowest BCUT2D eigenvalue weighted by Crippen LogP contribution is -2.29. The van der Waals surface area contributed by atoms with Gasteiger partial charge in [-0.25, -0.2) is 4.79 Å². The number of hydrogen-bond acceptors (Lipinski definition) is 2. The lowest BCUT2D eigenvalue weighted by molar-refractivity contribution is 0.117. The van der Waals surface area contributed by atoms with Gasteiger partial charge in [0.1, 0.15) is 6.10 Å². The van der Waals surface area contributed by atoms with E-state index in [0.717, 1.165) is 6.42 Å². The van der Waals surface area contributed by atoms with Crippen LogP contribution in [0.25, 0.3) is 0 Å². The summed E-state index contributed by atoms with van der Waals surface area (Å²) in [5.41, 5.74) is 0. The minimum atomic E-state index is -0.263. The summed E-state index contributed by atoms with van der Waals surface area (Å²) >= 11 is 0. The Balaban J connectivity index is 2.32. The number of nitrogens with one attached hydrogen (secondary N) is 1. The van der Waals surface area contributed by atoms with E-state index in [0.29, 0.717) is 5.92 Å². The molecule has 1 heterocycles. The Morgan fingerprint density at radius 2 is 2.31 bits per heavy atom. The second kappa shape index (κ2) is 4.49. The standard InChI is InChI=1S/C10H19NO2/c1-4-5-7(2)6-9-8(3)11-10(12)13-9/h7-9H,4-6H2,1-3H3,(H,11,12). The molecule has 0 aromatic rings. The van der Waals surface area contributed by atoms with E-state index in [1.54, 1.807) is 0 Å². The molecule has 0 aliphatic carbocycles. The maximum Gasteiger partial charge on any atom is 0.407 e. The molecule has 1 aliphatic heterocycles. The fourth-order valence-electron chi connectivity index (χ4n) is 1.81. The number of ether oxygens (including phenoxy) is 1. The highest BCUT2D eigenvalue weighted by Gasteiger charge is 2.31. The Labute approximate surface area is 79.8 Å². The second-order valence-electron chi connectivity index (χ2n) is 4.01. The maximum atomic E-state index is 10.9. The van der Waals surface area contributed by atoms with E-state index < -0.39 is 0 Å². The summed E-state index contributed by atoms with van der Waals surface area (Å²) in [7, 11) is 0. The zero-order valence-corrected chi connectivity index (χ0v) is 8.67. The maximum absolute atomic E-state index is 10.9. The van der Waals surface area contributed by atoms with Crippen molar-refractivity contribution in [2.75, 3.05) is 0 Å². The normalized spacial score (nSPS) is 29.6. The SMILES string of the molecule is CCCC(C)CC1OC(=O)NC1C. The molecule has 1 saturated heterocycles. The Kier molecular flexibility index (Phi) is 3.58. The van der Waals surface area contributed by atoms with E-state index in [9.17, 15) is 4.79 Å². The van der Waals surface area contributed by atoms with Gasteiger partial charge >= 0.3 is 6.09 Å². The quantitative estimate of drug-likeness (QED) is 0.730. The van der Waals surface area contributed by atoms with Crippen LogP contribution in [-0.4, -0.2) is 18.2 Å². The van der Waals surface area contributed by atoms with Gasteiger partial charge in [-0.15, -0.1) is 0 Å². The van der Waals surface area contributed by atoms with Gasteiger partial charge in [-0.1, -0.05) is 26.7 Å². The van der Waals surface area contributed by atoms with E-state index in [-0.39, 0.29) is 18.2 Å². The van der Waals surface area contributed by atoms with Crippen LogP contribution in [0.2, 0.25) is 0 Å². The van der Waals surface area contributed by atoms with E-state index in [1.807, 2.05) is 6.92 Å². The minimum Gasteiger partial charge on any atom is -0.444 e. The predicted molar refractivity (Wildman–Crippen MR) is 51.6 cm³/mol. The molecule has 0 aromatic carbocycles. The Morgan fingerprint density at radius 3 is 2.77 bits per heavy atom. The topological polar surface area (TPSA) is 38.3 Å². The first-order valence-corrected chi connectivity index (χ1v) is 5.10. The summed E-state index contributed by atoms with van der Waals surface area (Å²) in [5, 5.41) is 2.75. The first-order valence-electron chi connectivity index (χ1n) is 5.10. The Morgan fingerprint density at radius 1 is 1.62 bits per heavy atom. The van der Waals surface area contributed by atoms with Crippen LogP contribution < -0.4 is 5.32 Å². The minimum absolute atomic E-state index is 0.0778. The van der Waals surface area contributed by atoms with Crippen LogP contribution in [0.4, 0.5) is 4.79 Å². The smallest absolute Gasteiger partial charge is 0.407 e. The Hall–Kier alpha value is -0.730. The molecule has 13 heavy (non-hydrogen) atoms. The summed E-state index contributed by atoms with van der Waals surface area (Å²) in [6.07, 6.45) is 3.20. The zero-order valence-electron chi connectivity index (χ0n) is 8.67. The van der Waals surface area contributed by atoms with Gasteiger partial charge in [-0.3, -0.25) is 0 Å². The molecular weight excluding hydrogens is 166 g/mol. The van der Waals surface area contributed by atoms with Crippen molar-refractivity contribution >= 4 is 6.09 Å². The molecule has 0 saturated carbocycles. The van der Waals surface area contributed by atoms with Crippen LogP contribution in [-0.2, 0) is 4.74 Å².